The van der Waals surface area contributed by atoms with Gasteiger partial charge >= 0.3 is 0 Å². The van der Waals surface area contributed by atoms with Crippen molar-refractivity contribution in [3.05, 3.63) is 60.2 Å². The van der Waals surface area contributed by atoms with Gasteiger partial charge in [0.2, 0.25) is 0 Å². The zero-order valence-electron chi connectivity index (χ0n) is 9.50. The summed E-state index contributed by atoms with van der Waals surface area (Å²) in [6.45, 7) is 2.04. The van der Waals surface area contributed by atoms with E-state index in [1.165, 1.54) is 18.0 Å². The number of hydrazine groups is 1. The molecule has 2 heterocycles. The molecule has 17 heavy (non-hydrogen) atoms. The highest BCUT2D eigenvalue weighted by molar-refractivity contribution is 5.93. The molecule has 0 radical (unpaired) electrons. The SMILES string of the molecule is Cc1ccncc1.NNC(=O)c1ccncc1. The van der Waals surface area contributed by atoms with Crippen LogP contribution >= 0.6 is 0 Å². The van der Waals surface area contributed by atoms with Crippen molar-refractivity contribution in [2.45, 2.75) is 6.92 Å². The molecule has 1 amide bonds. The number of pyridine rings is 2. The van der Waals surface area contributed by atoms with Crippen LogP contribution in [0.4, 0.5) is 0 Å². The van der Waals surface area contributed by atoms with E-state index in [2.05, 4.69) is 9.97 Å². The van der Waals surface area contributed by atoms with Gasteiger partial charge in [0.1, 0.15) is 0 Å². The lowest BCUT2D eigenvalue weighted by Crippen LogP contribution is -2.29. The third-order valence-corrected chi connectivity index (χ3v) is 1.92. The molecule has 0 bridgehead atoms. The Balaban J connectivity index is 0.000000181. The van der Waals surface area contributed by atoms with Gasteiger partial charge in [0, 0.05) is 30.4 Å². The zero-order chi connectivity index (χ0) is 12.5. The third kappa shape index (κ3) is 4.85. The Hall–Kier alpha value is -2.27. The number of nitrogens with one attached hydrogen (secondary N) is 1. The molecular formula is C12H14N4O. The van der Waals surface area contributed by atoms with Gasteiger partial charge in [-0.05, 0) is 36.8 Å². The van der Waals surface area contributed by atoms with E-state index in [0.717, 1.165) is 0 Å². The standard InChI is InChI=1S/C6H7N3O.C6H7N/c7-9-6(10)5-1-3-8-4-2-5;1-6-2-4-7-5-3-6/h1-4H,7H2,(H,9,10);2-5H,1H3. The number of rotatable bonds is 1. The molecule has 0 fully saturated rings. The highest BCUT2D eigenvalue weighted by Crippen LogP contribution is 1.93. The van der Waals surface area contributed by atoms with Gasteiger partial charge in [-0.25, -0.2) is 5.84 Å². The summed E-state index contributed by atoms with van der Waals surface area (Å²) >= 11 is 0. The molecule has 0 unspecified atom stereocenters. The first-order valence-electron chi connectivity index (χ1n) is 5.01. The number of hydrogen-bond acceptors (Lipinski definition) is 4. The topological polar surface area (TPSA) is 80.9 Å². The Bertz CT molecular complexity index is 445. The molecule has 5 nitrogen and oxygen atoms in total. The fourth-order valence-corrected chi connectivity index (χ4v) is 1.01. The number of aromatic nitrogens is 2. The fraction of sp³-hybridized carbons (Fsp3) is 0.0833. The highest BCUT2D eigenvalue weighted by atomic mass is 16.2. The number of aryl methyl sites for hydroxylation is 1. The highest BCUT2D eigenvalue weighted by Gasteiger charge is 1.98. The van der Waals surface area contributed by atoms with Gasteiger partial charge in [0.05, 0.1) is 0 Å². The van der Waals surface area contributed by atoms with E-state index in [0.29, 0.717) is 5.56 Å². The maximum atomic E-state index is 10.7. The summed E-state index contributed by atoms with van der Waals surface area (Å²) in [5.41, 5.74) is 3.79. The van der Waals surface area contributed by atoms with E-state index < -0.39 is 0 Å². The lowest BCUT2D eigenvalue weighted by atomic mass is 10.3. The third-order valence-electron chi connectivity index (χ3n) is 1.92. The van der Waals surface area contributed by atoms with E-state index in [4.69, 9.17) is 5.84 Å². The summed E-state index contributed by atoms with van der Waals surface area (Å²) < 4.78 is 0. The van der Waals surface area contributed by atoms with Crippen LogP contribution in [0.3, 0.4) is 0 Å². The largest absolute Gasteiger partial charge is 0.290 e. The minimum atomic E-state index is -0.303. The molecule has 5 heteroatoms. The second-order valence-electron chi connectivity index (χ2n) is 3.23. The van der Waals surface area contributed by atoms with Crippen molar-refractivity contribution in [3.63, 3.8) is 0 Å². The molecule has 0 aliphatic heterocycles. The molecular weight excluding hydrogens is 216 g/mol. The summed E-state index contributed by atoms with van der Waals surface area (Å²) in [7, 11) is 0. The smallest absolute Gasteiger partial charge is 0.265 e. The van der Waals surface area contributed by atoms with Crippen LogP contribution in [-0.2, 0) is 0 Å². The maximum absolute atomic E-state index is 10.7. The Kier molecular flexibility index (Phi) is 5.33. The van der Waals surface area contributed by atoms with Crippen LogP contribution in [0.5, 0.6) is 0 Å². The lowest BCUT2D eigenvalue weighted by Gasteiger charge is -1.95. The van der Waals surface area contributed by atoms with Gasteiger partial charge in [0.25, 0.3) is 5.91 Å². The molecule has 2 rings (SSSR count). The molecule has 0 spiro atoms. The Morgan fingerprint density at radius 1 is 1.06 bits per heavy atom. The maximum Gasteiger partial charge on any atom is 0.265 e. The molecule has 0 saturated carbocycles. The molecule has 0 saturated heterocycles. The molecule has 0 atom stereocenters. The minimum Gasteiger partial charge on any atom is -0.290 e. The average molecular weight is 230 g/mol. The molecule has 0 aliphatic carbocycles. The Morgan fingerprint density at radius 2 is 1.53 bits per heavy atom. The van der Waals surface area contributed by atoms with Crippen LogP contribution in [0.2, 0.25) is 0 Å². The van der Waals surface area contributed by atoms with Gasteiger partial charge in [-0.3, -0.25) is 20.2 Å². The van der Waals surface area contributed by atoms with Crippen molar-refractivity contribution < 1.29 is 4.79 Å². The summed E-state index contributed by atoms with van der Waals surface area (Å²) in [5, 5.41) is 0. The van der Waals surface area contributed by atoms with E-state index in [1.54, 1.807) is 24.5 Å². The summed E-state index contributed by atoms with van der Waals surface area (Å²) in [5.74, 6) is 4.58. The van der Waals surface area contributed by atoms with Crippen molar-refractivity contribution in [3.8, 4) is 0 Å². The number of hydrogen-bond donors (Lipinski definition) is 2. The minimum absolute atomic E-state index is 0.303. The fourth-order valence-electron chi connectivity index (χ4n) is 1.01. The number of amides is 1. The first-order chi connectivity index (χ1) is 8.24. The molecule has 0 aliphatic rings. The predicted octanol–water partition coefficient (Wildman–Crippen LogP) is 1.08. The van der Waals surface area contributed by atoms with Gasteiger partial charge in [0.15, 0.2) is 0 Å². The number of carbonyl (C=O) groups is 1. The lowest BCUT2D eigenvalue weighted by molar-refractivity contribution is 0.0953. The normalized spacial score (nSPS) is 8.82. The molecule has 2 aromatic rings. The Labute approximate surface area is 99.7 Å². The van der Waals surface area contributed by atoms with Crippen LogP contribution in [0.15, 0.2) is 49.1 Å². The van der Waals surface area contributed by atoms with Crippen LogP contribution in [-0.4, -0.2) is 15.9 Å². The van der Waals surface area contributed by atoms with Crippen molar-refractivity contribution in [1.29, 1.82) is 0 Å². The van der Waals surface area contributed by atoms with E-state index in [9.17, 15) is 4.79 Å². The van der Waals surface area contributed by atoms with Crippen LogP contribution < -0.4 is 11.3 Å². The summed E-state index contributed by atoms with van der Waals surface area (Å²) in [4.78, 5) is 18.3. The second-order valence-corrected chi connectivity index (χ2v) is 3.23. The predicted molar refractivity (Wildman–Crippen MR) is 64.9 cm³/mol. The number of nitrogen functional groups attached to an aromatic ring is 1. The molecule has 88 valence electrons. The van der Waals surface area contributed by atoms with Crippen molar-refractivity contribution >= 4 is 5.91 Å². The van der Waals surface area contributed by atoms with E-state index in [1.807, 2.05) is 24.5 Å². The van der Waals surface area contributed by atoms with E-state index >= 15 is 0 Å². The zero-order valence-corrected chi connectivity index (χ0v) is 9.50. The average Bonchev–Trinajstić information content (AvgIpc) is 2.40. The van der Waals surface area contributed by atoms with Crippen LogP contribution in [0, 0.1) is 6.92 Å². The molecule has 3 N–H and O–H groups in total. The summed E-state index contributed by atoms with van der Waals surface area (Å²) in [6.07, 6.45) is 6.64. The second kappa shape index (κ2) is 7.08. The summed E-state index contributed by atoms with van der Waals surface area (Å²) in [6, 6.07) is 7.12. The monoisotopic (exact) mass is 230 g/mol. The molecule has 0 aromatic carbocycles. The van der Waals surface area contributed by atoms with Gasteiger partial charge < -0.3 is 0 Å². The van der Waals surface area contributed by atoms with Crippen molar-refractivity contribution in [2.75, 3.05) is 0 Å². The van der Waals surface area contributed by atoms with Gasteiger partial charge in [-0.1, -0.05) is 0 Å². The van der Waals surface area contributed by atoms with Gasteiger partial charge in [-0.15, -0.1) is 0 Å². The van der Waals surface area contributed by atoms with Crippen molar-refractivity contribution in [1.82, 2.24) is 15.4 Å². The van der Waals surface area contributed by atoms with Crippen LogP contribution in [0.25, 0.3) is 0 Å². The number of carbonyl (C=O) groups excluding carboxylic acids is 1. The quantitative estimate of drug-likeness (QED) is 0.436. The molecule has 2 aromatic heterocycles. The van der Waals surface area contributed by atoms with Gasteiger partial charge in [-0.2, -0.15) is 0 Å². The van der Waals surface area contributed by atoms with Crippen molar-refractivity contribution in [2.24, 2.45) is 5.84 Å². The van der Waals surface area contributed by atoms with E-state index in [-0.39, 0.29) is 5.91 Å². The van der Waals surface area contributed by atoms with Crippen LogP contribution in [0.1, 0.15) is 15.9 Å². The first kappa shape index (κ1) is 12.8. The Morgan fingerprint density at radius 3 is 1.88 bits per heavy atom. The number of nitrogens with two attached hydrogens (primary N) is 1. The first-order valence-corrected chi connectivity index (χ1v) is 5.01. The number of nitrogens with zero attached hydrogens (tertiary/aromatic N) is 2.